The van der Waals surface area contributed by atoms with Crippen molar-refractivity contribution in [2.45, 2.75) is 19.8 Å². The molecule has 0 aromatic carbocycles. The summed E-state index contributed by atoms with van der Waals surface area (Å²) in [6.07, 6.45) is 6.49. The van der Waals surface area contributed by atoms with Crippen LogP contribution in [-0.2, 0) is 6.42 Å². The molecule has 11 heteroatoms. The zero-order valence-corrected chi connectivity index (χ0v) is 19.5. The topological polar surface area (TPSA) is 159 Å². The van der Waals surface area contributed by atoms with E-state index < -0.39 is 0 Å². The van der Waals surface area contributed by atoms with Crippen molar-refractivity contribution in [1.82, 2.24) is 19.9 Å². The van der Waals surface area contributed by atoms with Gasteiger partial charge in [-0.15, -0.1) is 0 Å². The van der Waals surface area contributed by atoms with Gasteiger partial charge in [0, 0.05) is 53.8 Å². The van der Waals surface area contributed by atoms with E-state index in [1.165, 1.54) is 0 Å². The highest BCUT2D eigenvalue weighted by atomic mass is 79.9. The largest absolute Gasteiger partial charge is 0.412 e. The molecular formula is C19H24Br2N6O3. The van der Waals surface area contributed by atoms with Gasteiger partial charge in [0.1, 0.15) is 5.82 Å². The van der Waals surface area contributed by atoms with E-state index >= 15 is 0 Å². The lowest BCUT2D eigenvalue weighted by Gasteiger charge is -2.09. The van der Waals surface area contributed by atoms with Gasteiger partial charge in [-0.25, -0.2) is 9.97 Å². The Morgan fingerprint density at radius 3 is 2.43 bits per heavy atom. The molecule has 9 nitrogen and oxygen atoms in total. The summed E-state index contributed by atoms with van der Waals surface area (Å²) in [5.41, 5.74) is 2.41. The number of aryl methyl sites for hydroxylation is 1. The van der Waals surface area contributed by atoms with Gasteiger partial charge in [-0.3, -0.25) is 14.8 Å². The van der Waals surface area contributed by atoms with E-state index in [1.807, 2.05) is 25.1 Å². The van der Waals surface area contributed by atoms with Crippen molar-refractivity contribution < 1.29 is 11.0 Å². The average molecular weight is 544 g/mol. The number of H-pyrrole nitrogens is 1. The number of rotatable bonds is 8. The molecule has 3 aromatic rings. The molecule has 162 valence electrons. The molecule has 0 saturated carbocycles. The van der Waals surface area contributed by atoms with E-state index in [9.17, 15) is 4.79 Å². The first kappa shape index (κ1) is 25.7. The van der Waals surface area contributed by atoms with E-state index in [-0.39, 0.29) is 16.5 Å². The third-order valence-electron chi connectivity index (χ3n) is 3.99. The monoisotopic (exact) mass is 542 g/mol. The van der Waals surface area contributed by atoms with Gasteiger partial charge in [0.25, 0.3) is 5.56 Å². The summed E-state index contributed by atoms with van der Waals surface area (Å²) in [6.45, 7) is 3.34. The van der Waals surface area contributed by atoms with Gasteiger partial charge in [0.05, 0.1) is 4.47 Å². The fourth-order valence-corrected chi connectivity index (χ4v) is 3.63. The van der Waals surface area contributed by atoms with E-state index in [1.54, 1.807) is 18.6 Å². The normalized spacial score (nSPS) is 9.97. The Hall–Kier alpha value is -2.34. The van der Waals surface area contributed by atoms with Crippen LogP contribution in [0.4, 0.5) is 11.8 Å². The molecule has 0 atom stereocenters. The quantitative estimate of drug-likeness (QED) is 0.369. The summed E-state index contributed by atoms with van der Waals surface area (Å²) in [5.74, 6) is 1.27. The van der Waals surface area contributed by atoms with Crippen LogP contribution in [-0.4, -0.2) is 44.0 Å². The molecule has 30 heavy (non-hydrogen) atoms. The number of pyridine rings is 2. The Kier molecular flexibility index (Phi) is 10.6. The molecule has 0 aliphatic carbocycles. The van der Waals surface area contributed by atoms with E-state index in [4.69, 9.17) is 0 Å². The fourth-order valence-electron chi connectivity index (χ4n) is 2.51. The van der Waals surface area contributed by atoms with Gasteiger partial charge < -0.3 is 21.6 Å². The summed E-state index contributed by atoms with van der Waals surface area (Å²) in [4.78, 5) is 27.9. The Labute approximate surface area is 190 Å². The van der Waals surface area contributed by atoms with Gasteiger partial charge in [-0.1, -0.05) is 6.07 Å². The zero-order chi connectivity index (χ0) is 19.9. The van der Waals surface area contributed by atoms with Crippen molar-refractivity contribution in [2.24, 2.45) is 0 Å². The number of hydrogen-bond donors (Lipinski definition) is 3. The molecule has 0 fully saturated rings. The molecule has 0 aliphatic heterocycles. The molecule has 0 aliphatic rings. The molecule has 3 rings (SSSR count). The third-order valence-corrected chi connectivity index (χ3v) is 5.02. The highest BCUT2D eigenvalue weighted by Gasteiger charge is 2.05. The molecule has 3 heterocycles. The van der Waals surface area contributed by atoms with Crippen LogP contribution in [0.25, 0.3) is 0 Å². The molecule has 0 bridgehead atoms. The Morgan fingerprint density at radius 2 is 1.77 bits per heavy atom. The van der Waals surface area contributed by atoms with Gasteiger partial charge in [0.15, 0.2) is 0 Å². The first-order valence-electron chi connectivity index (χ1n) is 8.80. The van der Waals surface area contributed by atoms with Crippen LogP contribution in [0.5, 0.6) is 0 Å². The van der Waals surface area contributed by atoms with Crippen LogP contribution in [0.1, 0.15) is 23.2 Å². The minimum Gasteiger partial charge on any atom is -0.412 e. The van der Waals surface area contributed by atoms with Gasteiger partial charge in [-0.05, 0) is 62.9 Å². The van der Waals surface area contributed by atoms with Crippen molar-refractivity contribution in [3.8, 4) is 0 Å². The maximum absolute atomic E-state index is 12.3. The molecular weight excluding hydrogens is 520 g/mol. The Morgan fingerprint density at radius 1 is 1.00 bits per heavy atom. The van der Waals surface area contributed by atoms with Crippen molar-refractivity contribution in [1.29, 1.82) is 0 Å². The van der Waals surface area contributed by atoms with Crippen LogP contribution >= 0.6 is 31.9 Å². The first-order valence-corrected chi connectivity index (χ1v) is 10.4. The van der Waals surface area contributed by atoms with Gasteiger partial charge >= 0.3 is 0 Å². The smallest absolute Gasteiger partial charge is 0.255 e. The lowest BCUT2D eigenvalue weighted by atomic mass is 10.1. The van der Waals surface area contributed by atoms with Crippen molar-refractivity contribution in [3.05, 3.63) is 72.9 Å². The Bertz CT molecular complexity index is 998. The second-order valence-electron chi connectivity index (χ2n) is 6.26. The second kappa shape index (κ2) is 12.4. The number of hydrogen-bond acceptors (Lipinski definition) is 6. The predicted molar refractivity (Wildman–Crippen MR) is 125 cm³/mol. The number of nitrogens with one attached hydrogen (secondary N) is 3. The van der Waals surface area contributed by atoms with Gasteiger partial charge in [0.2, 0.25) is 5.95 Å². The van der Waals surface area contributed by atoms with Crippen LogP contribution in [0.2, 0.25) is 0 Å². The minimum absolute atomic E-state index is 0. The van der Waals surface area contributed by atoms with Crippen molar-refractivity contribution in [2.75, 3.05) is 23.7 Å². The van der Waals surface area contributed by atoms with E-state index in [0.29, 0.717) is 24.5 Å². The molecule has 0 saturated heterocycles. The highest BCUT2D eigenvalue weighted by Crippen LogP contribution is 2.23. The maximum Gasteiger partial charge on any atom is 0.255 e. The van der Waals surface area contributed by atoms with Crippen LogP contribution in [0.15, 0.2) is 50.5 Å². The summed E-state index contributed by atoms with van der Waals surface area (Å²) in [6, 6.07) is 5.85. The number of anilines is 2. The number of aromatic amines is 1. The SMILES string of the molecule is Cc1ccc(Cc2cnc(NCCCNc3ncc(Br)cc3Br)[nH]c2=O)cn1.O.O. The summed E-state index contributed by atoms with van der Waals surface area (Å²) in [5, 5.41) is 6.40. The standard InChI is InChI=1S/C19H20Br2N6O.2H2O/c1-12-3-4-13(9-24-12)7-14-10-26-19(27-18(14)28)23-6-2-5-22-17-16(21)8-15(20)11-25-17;;/h3-4,8-11H,2,5-7H2,1H3,(H,22,25)(H2,23,26,27,28);2*1H2. The van der Waals surface area contributed by atoms with Crippen LogP contribution in [0, 0.1) is 6.92 Å². The number of nitrogens with zero attached hydrogens (tertiary/aromatic N) is 3. The zero-order valence-electron chi connectivity index (χ0n) is 16.3. The molecule has 0 radical (unpaired) electrons. The van der Waals surface area contributed by atoms with E-state index in [0.717, 1.165) is 39.0 Å². The van der Waals surface area contributed by atoms with Crippen LogP contribution in [0.3, 0.4) is 0 Å². The minimum atomic E-state index is -0.140. The second-order valence-corrected chi connectivity index (χ2v) is 8.03. The molecule has 3 aromatic heterocycles. The summed E-state index contributed by atoms with van der Waals surface area (Å²) < 4.78 is 1.82. The first-order chi connectivity index (χ1) is 13.5. The summed E-state index contributed by atoms with van der Waals surface area (Å²) in [7, 11) is 0. The average Bonchev–Trinajstić information content (AvgIpc) is 2.67. The Balaban J connectivity index is 0.00000225. The van der Waals surface area contributed by atoms with Crippen molar-refractivity contribution >= 4 is 43.6 Å². The number of aromatic nitrogens is 4. The summed E-state index contributed by atoms with van der Waals surface area (Å²) >= 11 is 6.85. The molecule has 0 amide bonds. The van der Waals surface area contributed by atoms with Crippen molar-refractivity contribution in [3.63, 3.8) is 0 Å². The van der Waals surface area contributed by atoms with Crippen LogP contribution < -0.4 is 16.2 Å². The van der Waals surface area contributed by atoms with Gasteiger partial charge in [-0.2, -0.15) is 0 Å². The molecule has 7 N–H and O–H groups in total. The fraction of sp³-hybridized carbons (Fsp3) is 0.263. The molecule has 0 unspecified atom stereocenters. The lowest BCUT2D eigenvalue weighted by Crippen LogP contribution is -2.18. The maximum atomic E-state index is 12.3. The predicted octanol–water partition coefficient (Wildman–Crippen LogP) is 2.25. The highest BCUT2D eigenvalue weighted by molar-refractivity contribution is 9.11. The lowest BCUT2D eigenvalue weighted by molar-refractivity contribution is 0.823. The van der Waals surface area contributed by atoms with E-state index in [2.05, 4.69) is 62.4 Å². The molecule has 0 spiro atoms. The number of halogens is 2. The third kappa shape index (κ3) is 7.48.